The van der Waals surface area contributed by atoms with Crippen LogP contribution in [0.4, 0.5) is 32.0 Å². The van der Waals surface area contributed by atoms with E-state index in [1.54, 1.807) is 24.3 Å². The quantitative estimate of drug-likeness (QED) is 0.199. The van der Waals surface area contributed by atoms with Crippen LogP contribution in [0, 0.1) is 0 Å². The Bertz CT molecular complexity index is 1410. The van der Waals surface area contributed by atoms with Crippen LogP contribution >= 0.6 is 0 Å². The normalized spacial score (nSPS) is 14.8. The fourth-order valence-electron chi connectivity index (χ4n) is 4.62. The summed E-state index contributed by atoms with van der Waals surface area (Å²) < 4.78 is 98.3. The minimum atomic E-state index is -5.06. The number of rotatable bonds is 10. The summed E-state index contributed by atoms with van der Waals surface area (Å²) in [5, 5.41) is 0. The van der Waals surface area contributed by atoms with Crippen LogP contribution < -0.4 is 9.64 Å². The number of carbonyl (C=O) groups excluding carboxylic acids is 1. The molecule has 1 amide bonds. The van der Waals surface area contributed by atoms with Gasteiger partial charge in [-0.1, -0.05) is 18.2 Å². The van der Waals surface area contributed by atoms with Crippen molar-refractivity contribution >= 4 is 11.6 Å². The van der Waals surface area contributed by atoms with Crippen LogP contribution in [0.2, 0.25) is 0 Å². The molecule has 2 heterocycles. The number of nitrogens with zero attached hydrogens (tertiary/aromatic N) is 4. The summed E-state index contributed by atoms with van der Waals surface area (Å²) in [6, 6.07) is 8.14. The van der Waals surface area contributed by atoms with Crippen molar-refractivity contribution in [2.45, 2.75) is 38.2 Å². The largest absolute Gasteiger partial charge is 0.437 e. The smallest absolute Gasteiger partial charge is 0.416 e. The van der Waals surface area contributed by atoms with Crippen LogP contribution in [0.5, 0.6) is 11.6 Å². The van der Waals surface area contributed by atoms with Crippen LogP contribution in [0.15, 0.2) is 55.0 Å². The average molecular weight is 627 g/mol. The molecule has 0 radical (unpaired) electrons. The minimum Gasteiger partial charge on any atom is -0.437 e. The molecule has 0 aliphatic carbocycles. The van der Waals surface area contributed by atoms with Crippen molar-refractivity contribution in [3.63, 3.8) is 0 Å². The van der Waals surface area contributed by atoms with Gasteiger partial charge in [0, 0.05) is 32.2 Å². The van der Waals surface area contributed by atoms with Crippen LogP contribution in [0.1, 0.15) is 36.1 Å². The van der Waals surface area contributed by atoms with Crippen molar-refractivity contribution in [2.75, 3.05) is 51.4 Å². The molecule has 0 N–H and O–H groups in total. The van der Waals surface area contributed by atoms with E-state index in [2.05, 4.69) is 14.9 Å². The number of para-hydroxylation sites is 1. The van der Waals surface area contributed by atoms with Crippen molar-refractivity contribution in [3.8, 4) is 11.6 Å². The highest BCUT2D eigenvalue weighted by Crippen LogP contribution is 2.40. The predicted octanol–water partition coefficient (Wildman–Crippen LogP) is 6.10. The van der Waals surface area contributed by atoms with Gasteiger partial charge in [-0.2, -0.15) is 31.3 Å². The van der Waals surface area contributed by atoms with Crippen molar-refractivity contribution in [1.29, 1.82) is 0 Å². The number of morpholine rings is 1. The van der Waals surface area contributed by atoms with Crippen LogP contribution in [0.25, 0.3) is 0 Å². The molecule has 2 aromatic carbocycles. The SMILES string of the molecule is CN(C(=O)C(C)(C)c1cc(C(F)(F)F)cc(C(F)(F)F)c1)c1cncnc1Oc1ccccc1COCCN1CCOCC1. The summed E-state index contributed by atoms with van der Waals surface area (Å²) >= 11 is 0. The Morgan fingerprint density at radius 3 is 2.23 bits per heavy atom. The standard InChI is InChI=1S/C30H32F6N4O4/c1-28(2,21-14-22(29(31,32)33)16-23(15-21)30(34,35)36)27(41)39(3)24-17-37-19-38-26(24)44-25-7-5-4-6-20(25)18-43-13-10-40-8-11-42-12-9-40/h4-7,14-17,19H,8-13,18H2,1-3H3. The van der Waals surface area contributed by atoms with E-state index >= 15 is 0 Å². The Balaban J connectivity index is 1.55. The highest BCUT2D eigenvalue weighted by atomic mass is 19.4. The third kappa shape index (κ3) is 8.04. The lowest BCUT2D eigenvalue weighted by Crippen LogP contribution is -2.42. The predicted molar refractivity (Wildman–Crippen MR) is 148 cm³/mol. The molecule has 0 saturated carbocycles. The third-order valence-corrected chi connectivity index (χ3v) is 7.26. The van der Waals surface area contributed by atoms with Gasteiger partial charge >= 0.3 is 12.4 Å². The van der Waals surface area contributed by atoms with Gasteiger partial charge in [0.1, 0.15) is 17.8 Å². The first-order valence-corrected chi connectivity index (χ1v) is 13.7. The molecule has 0 unspecified atom stereocenters. The van der Waals surface area contributed by atoms with Gasteiger partial charge in [0.05, 0.1) is 49.2 Å². The minimum absolute atomic E-state index is 0.0224. The lowest BCUT2D eigenvalue weighted by molar-refractivity contribution is -0.143. The number of hydrogen-bond donors (Lipinski definition) is 0. The Morgan fingerprint density at radius 1 is 0.977 bits per heavy atom. The van der Waals surface area contributed by atoms with Crippen molar-refractivity contribution in [2.24, 2.45) is 0 Å². The van der Waals surface area contributed by atoms with Gasteiger partial charge in [0.15, 0.2) is 0 Å². The number of amides is 1. The molecule has 44 heavy (non-hydrogen) atoms. The van der Waals surface area contributed by atoms with Gasteiger partial charge in [-0.25, -0.2) is 4.98 Å². The first kappa shape index (κ1) is 33.1. The number of carbonyl (C=O) groups is 1. The van der Waals surface area contributed by atoms with Gasteiger partial charge in [-0.3, -0.25) is 9.69 Å². The number of ether oxygens (including phenoxy) is 3. The van der Waals surface area contributed by atoms with Crippen LogP contribution in [-0.4, -0.2) is 67.3 Å². The van der Waals surface area contributed by atoms with Crippen molar-refractivity contribution < 1.29 is 45.3 Å². The second-order valence-electron chi connectivity index (χ2n) is 10.7. The maximum absolute atomic E-state index is 13.7. The number of hydrogen-bond acceptors (Lipinski definition) is 7. The molecule has 1 fully saturated rings. The van der Waals surface area contributed by atoms with Gasteiger partial charge in [-0.05, 0) is 43.7 Å². The molecular formula is C30H32F6N4O4. The molecule has 1 saturated heterocycles. The van der Waals surface area contributed by atoms with E-state index in [0.29, 0.717) is 43.3 Å². The first-order valence-electron chi connectivity index (χ1n) is 13.7. The number of halogens is 6. The van der Waals surface area contributed by atoms with Crippen molar-refractivity contribution in [1.82, 2.24) is 14.9 Å². The maximum atomic E-state index is 13.7. The molecule has 1 aliphatic rings. The summed E-state index contributed by atoms with van der Waals surface area (Å²) in [4.78, 5) is 25.0. The second-order valence-corrected chi connectivity index (χ2v) is 10.7. The molecule has 238 valence electrons. The zero-order valence-electron chi connectivity index (χ0n) is 24.3. The third-order valence-electron chi connectivity index (χ3n) is 7.26. The lowest BCUT2D eigenvalue weighted by Gasteiger charge is -2.31. The highest BCUT2D eigenvalue weighted by molar-refractivity contribution is 6.01. The van der Waals surface area contributed by atoms with E-state index in [1.807, 2.05) is 0 Å². The van der Waals surface area contributed by atoms with E-state index in [4.69, 9.17) is 14.2 Å². The Kier molecular flexibility index (Phi) is 10.2. The van der Waals surface area contributed by atoms with E-state index in [-0.39, 0.29) is 24.2 Å². The lowest BCUT2D eigenvalue weighted by atomic mass is 9.81. The summed E-state index contributed by atoms with van der Waals surface area (Å²) in [5.41, 5.74) is -4.57. The number of anilines is 1. The fraction of sp³-hybridized carbons (Fsp3) is 0.433. The molecule has 14 heteroatoms. The van der Waals surface area contributed by atoms with E-state index in [9.17, 15) is 31.1 Å². The summed E-state index contributed by atoms with van der Waals surface area (Å²) in [7, 11) is 1.31. The van der Waals surface area contributed by atoms with E-state index in [1.165, 1.54) is 33.4 Å². The van der Waals surface area contributed by atoms with Gasteiger partial charge in [-0.15, -0.1) is 0 Å². The molecule has 3 aromatic rings. The molecule has 0 bridgehead atoms. The van der Waals surface area contributed by atoms with E-state index < -0.39 is 40.4 Å². The summed E-state index contributed by atoms with van der Waals surface area (Å²) in [5.74, 6) is -0.483. The molecule has 0 spiro atoms. The molecule has 0 atom stereocenters. The van der Waals surface area contributed by atoms with Crippen LogP contribution in [0.3, 0.4) is 0 Å². The number of benzene rings is 2. The van der Waals surface area contributed by atoms with Crippen molar-refractivity contribution in [3.05, 3.63) is 77.2 Å². The molecule has 8 nitrogen and oxygen atoms in total. The Labute approximate surface area is 250 Å². The topological polar surface area (TPSA) is 77.0 Å². The molecular weight excluding hydrogens is 594 g/mol. The van der Waals surface area contributed by atoms with E-state index in [0.717, 1.165) is 24.5 Å². The monoisotopic (exact) mass is 626 g/mol. The summed E-state index contributed by atoms with van der Waals surface area (Å²) in [6.45, 7) is 6.96. The second kappa shape index (κ2) is 13.5. The average Bonchev–Trinajstić information content (AvgIpc) is 2.99. The number of aromatic nitrogens is 2. The number of alkyl halides is 6. The van der Waals surface area contributed by atoms with Crippen LogP contribution in [-0.2, 0) is 38.6 Å². The van der Waals surface area contributed by atoms with Gasteiger partial charge in [0.2, 0.25) is 11.8 Å². The zero-order chi connectivity index (χ0) is 32.1. The fourth-order valence-corrected chi connectivity index (χ4v) is 4.62. The molecule has 4 rings (SSSR count). The molecule has 1 aliphatic heterocycles. The number of likely N-dealkylation sites (N-methyl/N-ethyl adjacent to an activating group) is 1. The maximum Gasteiger partial charge on any atom is 0.416 e. The zero-order valence-corrected chi connectivity index (χ0v) is 24.3. The first-order chi connectivity index (χ1) is 20.7. The highest BCUT2D eigenvalue weighted by Gasteiger charge is 2.41. The summed E-state index contributed by atoms with van der Waals surface area (Å²) in [6.07, 6.45) is -7.67. The van der Waals surface area contributed by atoms with Gasteiger partial charge in [0.25, 0.3) is 0 Å². The molecule has 1 aromatic heterocycles. The Hall–Kier alpha value is -3.75. The van der Waals surface area contributed by atoms with Gasteiger partial charge < -0.3 is 19.1 Å². The Morgan fingerprint density at radius 2 is 1.59 bits per heavy atom.